The fourth-order valence-electron chi connectivity index (χ4n) is 4.20. The number of hydrogen-bond acceptors (Lipinski definition) is 7. The third-order valence-electron chi connectivity index (χ3n) is 6.12. The molecule has 2 aromatic carbocycles. The normalized spacial score (nSPS) is 11.1. The second-order valence-corrected chi connectivity index (χ2v) is 9.29. The van der Waals surface area contributed by atoms with Gasteiger partial charge in [0.2, 0.25) is 5.91 Å². The van der Waals surface area contributed by atoms with Gasteiger partial charge in [-0.1, -0.05) is 24.8 Å². The van der Waals surface area contributed by atoms with E-state index in [1.165, 1.54) is 6.08 Å². The number of benzene rings is 2. The molecule has 4 rings (SSSR count). The number of aromatic hydroxyl groups is 1. The van der Waals surface area contributed by atoms with Gasteiger partial charge in [-0.05, 0) is 39.2 Å². The van der Waals surface area contributed by atoms with E-state index in [1.807, 2.05) is 58.2 Å². The van der Waals surface area contributed by atoms with E-state index in [0.29, 0.717) is 35.2 Å². The third kappa shape index (κ3) is 5.73. The second kappa shape index (κ2) is 10.7. The van der Waals surface area contributed by atoms with Gasteiger partial charge in [0.15, 0.2) is 0 Å². The molecule has 0 spiro atoms. The van der Waals surface area contributed by atoms with Gasteiger partial charge in [-0.25, -0.2) is 9.97 Å². The lowest BCUT2D eigenvalue weighted by Crippen LogP contribution is -2.29. The smallest absolute Gasteiger partial charge is 0.247 e. The summed E-state index contributed by atoms with van der Waals surface area (Å²) in [4.78, 5) is 25.4. The summed E-state index contributed by atoms with van der Waals surface area (Å²) in [5.74, 6) is 0.814. The van der Waals surface area contributed by atoms with Gasteiger partial charge in [0.1, 0.15) is 17.4 Å². The van der Waals surface area contributed by atoms with E-state index in [4.69, 9.17) is 0 Å². The Bertz CT molecular complexity index is 1460. The lowest BCUT2D eigenvalue weighted by atomic mass is 10.1. The molecule has 0 bridgehead atoms. The largest absolute Gasteiger partial charge is 0.506 e. The Morgan fingerprint density at radius 1 is 1.11 bits per heavy atom. The van der Waals surface area contributed by atoms with Gasteiger partial charge in [-0.3, -0.25) is 4.79 Å². The number of hydrogen-bond donors (Lipinski definition) is 3. The van der Waals surface area contributed by atoms with Crippen LogP contribution in [0.3, 0.4) is 0 Å². The molecule has 4 aromatic rings. The number of carbonyl (C=O) groups is 1. The summed E-state index contributed by atoms with van der Waals surface area (Å²) in [7, 11) is 7.91. The average molecular weight is 500 g/mol. The van der Waals surface area contributed by atoms with Crippen LogP contribution >= 0.6 is 0 Å². The van der Waals surface area contributed by atoms with Crippen molar-refractivity contribution in [3.8, 4) is 17.0 Å². The van der Waals surface area contributed by atoms with Gasteiger partial charge in [-0.15, -0.1) is 0 Å². The standard InChI is InChI=1S/C28H33N7O2/c1-7-28(37)32-22-14-23(26(36)16-25(22)34(5)13-12-33(3)4)31-27-15-21(29-18(2)30-27)20-17-35(6)24-11-9-8-10-19(20)24/h7-11,14-17,36H,1,12-13H2,2-6H3,(H,32,37)(H,29,30,31). The summed E-state index contributed by atoms with van der Waals surface area (Å²) in [6.07, 6.45) is 3.27. The zero-order valence-corrected chi connectivity index (χ0v) is 21.9. The second-order valence-electron chi connectivity index (χ2n) is 9.29. The average Bonchev–Trinajstić information content (AvgIpc) is 3.20. The summed E-state index contributed by atoms with van der Waals surface area (Å²) in [5.41, 5.74) is 4.52. The van der Waals surface area contributed by atoms with E-state index in [1.54, 1.807) is 12.1 Å². The number of likely N-dealkylation sites (N-methyl/N-ethyl adjacent to an activating group) is 2. The number of anilines is 4. The maximum atomic E-state index is 12.2. The van der Waals surface area contributed by atoms with Gasteiger partial charge in [0.25, 0.3) is 0 Å². The molecular weight excluding hydrogens is 466 g/mol. The number of rotatable bonds is 9. The van der Waals surface area contributed by atoms with Gasteiger partial charge in [-0.2, -0.15) is 0 Å². The van der Waals surface area contributed by atoms with E-state index >= 15 is 0 Å². The van der Waals surface area contributed by atoms with E-state index < -0.39 is 0 Å². The molecule has 9 heteroatoms. The van der Waals surface area contributed by atoms with Gasteiger partial charge in [0.05, 0.1) is 22.8 Å². The first-order chi connectivity index (χ1) is 17.7. The van der Waals surface area contributed by atoms with Crippen LogP contribution in [0.5, 0.6) is 5.75 Å². The molecule has 0 unspecified atom stereocenters. The summed E-state index contributed by atoms with van der Waals surface area (Å²) < 4.78 is 2.07. The highest BCUT2D eigenvalue weighted by Gasteiger charge is 2.17. The van der Waals surface area contributed by atoms with E-state index in [0.717, 1.165) is 28.7 Å². The van der Waals surface area contributed by atoms with Crippen LogP contribution in [-0.2, 0) is 11.8 Å². The molecular formula is C28H33N7O2. The quantitative estimate of drug-likeness (QED) is 0.177. The van der Waals surface area contributed by atoms with Crippen LogP contribution in [-0.4, -0.2) is 64.7 Å². The number of nitrogens with zero attached hydrogens (tertiary/aromatic N) is 5. The van der Waals surface area contributed by atoms with Crippen LogP contribution in [0.1, 0.15) is 5.82 Å². The van der Waals surface area contributed by atoms with Crippen molar-refractivity contribution in [2.75, 3.05) is 49.8 Å². The summed E-state index contributed by atoms with van der Waals surface area (Å²) in [6.45, 7) is 6.90. The summed E-state index contributed by atoms with van der Waals surface area (Å²) >= 11 is 0. The number of phenolic OH excluding ortho intramolecular Hbond substituents is 1. The maximum Gasteiger partial charge on any atom is 0.247 e. The minimum Gasteiger partial charge on any atom is -0.506 e. The van der Waals surface area contributed by atoms with Crippen LogP contribution < -0.4 is 15.5 Å². The molecule has 0 saturated heterocycles. The Morgan fingerprint density at radius 3 is 2.59 bits per heavy atom. The SMILES string of the molecule is C=CC(=O)Nc1cc(Nc2cc(-c3cn(C)c4ccccc34)nc(C)n2)c(O)cc1N(C)CCN(C)C. The number of phenols is 1. The predicted octanol–water partition coefficient (Wildman–Crippen LogP) is 4.52. The van der Waals surface area contributed by atoms with Crippen molar-refractivity contribution < 1.29 is 9.90 Å². The van der Waals surface area contributed by atoms with Crippen molar-refractivity contribution in [2.24, 2.45) is 7.05 Å². The lowest BCUT2D eigenvalue weighted by Gasteiger charge is -2.25. The number of para-hydroxylation sites is 1. The third-order valence-corrected chi connectivity index (χ3v) is 6.12. The highest BCUT2D eigenvalue weighted by Crippen LogP contribution is 2.38. The van der Waals surface area contributed by atoms with Gasteiger partial charge in [0, 0.05) is 62.0 Å². The molecule has 0 radical (unpaired) electrons. The van der Waals surface area contributed by atoms with Crippen LogP contribution in [0.2, 0.25) is 0 Å². The van der Waals surface area contributed by atoms with Crippen molar-refractivity contribution in [1.29, 1.82) is 0 Å². The molecule has 2 heterocycles. The predicted molar refractivity (Wildman–Crippen MR) is 151 cm³/mol. The van der Waals surface area contributed by atoms with Gasteiger partial charge >= 0.3 is 0 Å². The zero-order chi connectivity index (χ0) is 26.7. The van der Waals surface area contributed by atoms with Crippen molar-refractivity contribution in [1.82, 2.24) is 19.4 Å². The molecule has 9 nitrogen and oxygen atoms in total. The number of amides is 1. The number of nitrogens with one attached hydrogen (secondary N) is 2. The minimum atomic E-state index is -0.338. The van der Waals surface area contributed by atoms with Crippen molar-refractivity contribution in [2.45, 2.75) is 6.92 Å². The summed E-state index contributed by atoms with van der Waals surface area (Å²) in [6, 6.07) is 13.4. The fraction of sp³-hybridized carbons (Fsp3) is 0.250. The van der Waals surface area contributed by atoms with Crippen LogP contribution in [0.4, 0.5) is 22.9 Å². The van der Waals surface area contributed by atoms with Crippen LogP contribution in [0.25, 0.3) is 22.2 Å². The van der Waals surface area contributed by atoms with Gasteiger partial charge < -0.3 is 30.1 Å². The van der Waals surface area contributed by atoms with Crippen molar-refractivity contribution >= 4 is 39.7 Å². The molecule has 0 aliphatic heterocycles. The lowest BCUT2D eigenvalue weighted by molar-refractivity contribution is -0.111. The molecule has 2 aromatic heterocycles. The topological polar surface area (TPSA) is 98.5 Å². The van der Waals surface area contributed by atoms with E-state index in [-0.39, 0.29) is 11.7 Å². The van der Waals surface area contributed by atoms with E-state index in [2.05, 4.69) is 55.0 Å². The Morgan fingerprint density at radius 2 is 1.86 bits per heavy atom. The zero-order valence-electron chi connectivity index (χ0n) is 21.9. The molecule has 3 N–H and O–H groups in total. The molecule has 0 aliphatic rings. The highest BCUT2D eigenvalue weighted by atomic mass is 16.3. The number of aromatic nitrogens is 3. The molecule has 37 heavy (non-hydrogen) atoms. The Labute approximate surface area is 217 Å². The number of carbonyl (C=O) groups excluding carboxylic acids is 1. The first kappa shape index (κ1) is 25.7. The number of fused-ring (bicyclic) bond motifs is 1. The van der Waals surface area contributed by atoms with E-state index in [9.17, 15) is 9.90 Å². The highest BCUT2D eigenvalue weighted by molar-refractivity contribution is 6.02. The fourth-order valence-corrected chi connectivity index (χ4v) is 4.20. The molecule has 1 amide bonds. The van der Waals surface area contributed by atoms with Crippen LogP contribution in [0.15, 0.2) is 61.3 Å². The first-order valence-corrected chi connectivity index (χ1v) is 12.0. The molecule has 0 aliphatic carbocycles. The van der Waals surface area contributed by atoms with Crippen molar-refractivity contribution in [3.05, 3.63) is 67.1 Å². The minimum absolute atomic E-state index is 0.0336. The number of aryl methyl sites for hydroxylation is 2. The first-order valence-electron chi connectivity index (χ1n) is 12.0. The van der Waals surface area contributed by atoms with Crippen molar-refractivity contribution in [3.63, 3.8) is 0 Å². The monoisotopic (exact) mass is 499 g/mol. The Kier molecular flexibility index (Phi) is 7.45. The molecule has 0 fully saturated rings. The molecule has 192 valence electrons. The summed E-state index contributed by atoms with van der Waals surface area (Å²) in [5, 5.41) is 18.1. The molecule has 0 atom stereocenters. The Balaban J connectivity index is 1.71. The Hall–Kier alpha value is -4.37. The molecule has 0 saturated carbocycles. The van der Waals surface area contributed by atoms with Crippen LogP contribution in [0, 0.1) is 6.92 Å². The maximum absolute atomic E-state index is 12.2.